The van der Waals surface area contributed by atoms with E-state index >= 15 is 0 Å². The van der Waals surface area contributed by atoms with Crippen molar-refractivity contribution in [1.29, 1.82) is 0 Å². The van der Waals surface area contributed by atoms with E-state index in [1.807, 2.05) is 68.4 Å². The van der Waals surface area contributed by atoms with E-state index < -0.39 is 6.04 Å². The van der Waals surface area contributed by atoms with E-state index in [1.165, 1.54) is 5.56 Å². The van der Waals surface area contributed by atoms with Crippen LogP contribution >= 0.6 is 35.0 Å². The molecule has 3 aromatic rings. The zero-order valence-corrected chi connectivity index (χ0v) is 23.7. The summed E-state index contributed by atoms with van der Waals surface area (Å²) in [5.41, 5.74) is 2.97. The van der Waals surface area contributed by atoms with Crippen molar-refractivity contribution < 1.29 is 9.59 Å². The van der Waals surface area contributed by atoms with Crippen LogP contribution in [0.25, 0.3) is 0 Å². The summed E-state index contributed by atoms with van der Waals surface area (Å²) in [4.78, 5) is 28.8. The lowest BCUT2D eigenvalue weighted by Crippen LogP contribution is -2.51. The Labute approximate surface area is 234 Å². The third-order valence-corrected chi connectivity index (χ3v) is 7.50. The SMILES string of the molecule is CC(C)CNC(=O)C(Cc1ccccc1)N(Cc1ccc(Cl)cc1Cl)C(=O)CCSCc1ccccc1. The Balaban J connectivity index is 1.82. The monoisotopic (exact) mass is 556 g/mol. The molecule has 0 saturated heterocycles. The van der Waals surface area contributed by atoms with Crippen LogP contribution in [-0.2, 0) is 28.3 Å². The predicted octanol–water partition coefficient (Wildman–Crippen LogP) is 7.03. The molecule has 196 valence electrons. The van der Waals surface area contributed by atoms with E-state index in [0.717, 1.165) is 16.9 Å². The van der Waals surface area contributed by atoms with E-state index in [4.69, 9.17) is 23.2 Å². The van der Waals surface area contributed by atoms with Gasteiger partial charge < -0.3 is 10.2 Å². The molecule has 0 bridgehead atoms. The van der Waals surface area contributed by atoms with Gasteiger partial charge >= 0.3 is 0 Å². The first-order chi connectivity index (χ1) is 17.8. The van der Waals surface area contributed by atoms with Crippen molar-refractivity contribution >= 4 is 46.8 Å². The van der Waals surface area contributed by atoms with Gasteiger partial charge in [-0.25, -0.2) is 0 Å². The Bertz CT molecular complexity index is 1140. The van der Waals surface area contributed by atoms with E-state index in [2.05, 4.69) is 17.4 Å². The van der Waals surface area contributed by atoms with Crippen LogP contribution in [-0.4, -0.2) is 35.1 Å². The maximum absolute atomic E-state index is 13.7. The number of nitrogens with zero attached hydrogens (tertiary/aromatic N) is 1. The molecule has 0 heterocycles. The number of hydrogen-bond donors (Lipinski definition) is 1. The second-order valence-corrected chi connectivity index (χ2v) is 11.3. The third-order valence-electron chi connectivity index (χ3n) is 5.88. The lowest BCUT2D eigenvalue weighted by Gasteiger charge is -2.32. The molecule has 0 aromatic heterocycles. The minimum absolute atomic E-state index is 0.0767. The van der Waals surface area contributed by atoms with Crippen LogP contribution in [0.1, 0.15) is 37.0 Å². The fourth-order valence-electron chi connectivity index (χ4n) is 3.88. The van der Waals surface area contributed by atoms with Gasteiger partial charge in [-0.1, -0.05) is 104 Å². The number of halogens is 2. The maximum atomic E-state index is 13.7. The van der Waals surface area contributed by atoms with Gasteiger partial charge in [-0.05, 0) is 34.7 Å². The Morgan fingerprint density at radius 1 is 0.919 bits per heavy atom. The minimum atomic E-state index is -0.667. The molecule has 0 fully saturated rings. The number of carbonyl (C=O) groups excluding carboxylic acids is 2. The summed E-state index contributed by atoms with van der Waals surface area (Å²) in [5.74, 6) is 1.55. The highest BCUT2D eigenvalue weighted by atomic mass is 35.5. The molecule has 4 nitrogen and oxygen atoms in total. The molecule has 3 rings (SSSR count). The van der Waals surface area contributed by atoms with Crippen LogP contribution in [0.3, 0.4) is 0 Å². The maximum Gasteiger partial charge on any atom is 0.243 e. The van der Waals surface area contributed by atoms with Crippen molar-refractivity contribution in [3.8, 4) is 0 Å². The number of carbonyl (C=O) groups is 2. The summed E-state index contributed by atoms with van der Waals surface area (Å²) < 4.78 is 0. The van der Waals surface area contributed by atoms with E-state index in [0.29, 0.717) is 41.1 Å². The first-order valence-electron chi connectivity index (χ1n) is 12.5. The molecule has 0 aliphatic heterocycles. The standard InChI is InChI=1S/C30H34Cl2N2O2S/c1-22(2)19-33-30(36)28(17-23-9-5-3-6-10-23)34(20-25-13-14-26(31)18-27(25)32)29(35)15-16-37-21-24-11-7-4-8-12-24/h3-14,18,22,28H,15-17,19-21H2,1-2H3,(H,33,36). The Morgan fingerprint density at radius 2 is 1.57 bits per heavy atom. The fourth-order valence-corrected chi connectivity index (χ4v) is 5.24. The molecule has 0 aliphatic rings. The predicted molar refractivity (Wildman–Crippen MR) is 156 cm³/mol. The van der Waals surface area contributed by atoms with Gasteiger partial charge in [-0.2, -0.15) is 11.8 Å². The summed E-state index contributed by atoms with van der Waals surface area (Å²) >= 11 is 14.3. The molecule has 37 heavy (non-hydrogen) atoms. The fraction of sp³-hybridized carbons (Fsp3) is 0.333. The molecular formula is C30H34Cl2N2O2S. The Hall–Kier alpha value is -2.47. The Kier molecular flexibility index (Phi) is 11.8. The van der Waals surface area contributed by atoms with Crippen molar-refractivity contribution in [1.82, 2.24) is 10.2 Å². The number of thioether (sulfide) groups is 1. The van der Waals surface area contributed by atoms with E-state index in [9.17, 15) is 9.59 Å². The van der Waals surface area contributed by atoms with Gasteiger partial charge in [0, 0.05) is 47.5 Å². The Morgan fingerprint density at radius 3 is 2.19 bits per heavy atom. The molecule has 2 amide bonds. The molecular weight excluding hydrogens is 523 g/mol. The van der Waals surface area contributed by atoms with Gasteiger partial charge in [0.15, 0.2) is 0 Å². The third kappa shape index (κ3) is 9.73. The second-order valence-electron chi connectivity index (χ2n) is 9.39. The van der Waals surface area contributed by atoms with Crippen molar-refractivity contribution in [2.45, 2.75) is 45.0 Å². The quantitative estimate of drug-likeness (QED) is 0.230. The van der Waals surface area contributed by atoms with Crippen LogP contribution in [0.4, 0.5) is 0 Å². The first-order valence-corrected chi connectivity index (χ1v) is 14.4. The highest BCUT2D eigenvalue weighted by molar-refractivity contribution is 7.98. The van der Waals surface area contributed by atoms with Crippen molar-refractivity contribution in [2.75, 3.05) is 12.3 Å². The summed E-state index contributed by atoms with van der Waals surface area (Å²) in [7, 11) is 0. The highest BCUT2D eigenvalue weighted by Crippen LogP contribution is 2.25. The van der Waals surface area contributed by atoms with E-state index in [-0.39, 0.29) is 18.4 Å². The molecule has 1 N–H and O–H groups in total. The van der Waals surface area contributed by atoms with Gasteiger partial charge in [-0.3, -0.25) is 9.59 Å². The zero-order chi connectivity index (χ0) is 26.6. The molecule has 1 atom stereocenters. The topological polar surface area (TPSA) is 49.4 Å². The summed E-state index contributed by atoms with van der Waals surface area (Å²) in [6.45, 7) is 4.87. The van der Waals surface area contributed by atoms with Crippen LogP contribution in [0.2, 0.25) is 10.0 Å². The van der Waals surface area contributed by atoms with Gasteiger partial charge in [0.05, 0.1) is 0 Å². The number of benzene rings is 3. The van der Waals surface area contributed by atoms with Crippen LogP contribution < -0.4 is 5.32 Å². The lowest BCUT2D eigenvalue weighted by molar-refractivity contribution is -0.141. The molecule has 3 aromatic carbocycles. The molecule has 0 spiro atoms. The number of amides is 2. The normalized spacial score (nSPS) is 11.8. The molecule has 0 radical (unpaired) electrons. The first kappa shape index (κ1) is 29.1. The lowest BCUT2D eigenvalue weighted by atomic mass is 10.0. The van der Waals surface area contributed by atoms with E-state index in [1.54, 1.807) is 28.8 Å². The highest BCUT2D eigenvalue weighted by Gasteiger charge is 2.30. The largest absolute Gasteiger partial charge is 0.354 e. The smallest absolute Gasteiger partial charge is 0.243 e. The van der Waals surface area contributed by atoms with Crippen LogP contribution in [0.5, 0.6) is 0 Å². The zero-order valence-electron chi connectivity index (χ0n) is 21.3. The average molecular weight is 558 g/mol. The molecule has 1 unspecified atom stereocenters. The number of rotatable bonds is 13. The minimum Gasteiger partial charge on any atom is -0.354 e. The molecule has 7 heteroatoms. The van der Waals surface area contributed by atoms with Crippen molar-refractivity contribution in [3.05, 3.63) is 106 Å². The number of nitrogens with one attached hydrogen (secondary N) is 1. The summed E-state index contributed by atoms with van der Waals surface area (Å²) in [6.07, 6.45) is 0.740. The van der Waals surface area contributed by atoms with Crippen LogP contribution in [0.15, 0.2) is 78.9 Å². The summed E-state index contributed by atoms with van der Waals surface area (Å²) in [5, 5.41) is 4.05. The van der Waals surface area contributed by atoms with Gasteiger partial charge in [0.2, 0.25) is 11.8 Å². The van der Waals surface area contributed by atoms with Crippen LogP contribution in [0, 0.1) is 5.92 Å². The summed E-state index contributed by atoms with van der Waals surface area (Å²) in [6, 6.07) is 24.6. The van der Waals surface area contributed by atoms with Gasteiger partial charge in [0.25, 0.3) is 0 Å². The van der Waals surface area contributed by atoms with Gasteiger partial charge in [-0.15, -0.1) is 0 Å². The van der Waals surface area contributed by atoms with Gasteiger partial charge in [0.1, 0.15) is 6.04 Å². The average Bonchev–Trinajstić information content (AvgIpc) is 2.89. The van der Waals surface area contributed by atoms with Crippen molar-refractivity contribution in [3.63, 3.8) is 0 Å². The van der Waals surface area contributed by atoms with Crippen molar-refractivity contribution in [2.24, 2.45) is 5.92 Å². The molecule has 0 aliphatic carbocycles. The second kappa shape index (κ2) is 15.1. The molecule has 0 saturated carbocycles. The number of hydrogen-bond acceptors (Lipinski definition) is 3.